The number of benzene rings is 3. The Kier molecular flexibility index (Phi) is 6.17. The predicted molar refractivity (Wildman–Crippen MR) is 102 cm³/mol. The van der Waals surface area contributed by atoms with Crippen molar-refractivity contribution in [1.82, 2.24) is 0 Å². The molecular weight excluding hydrogens is 348 g/mol. The average molecular weight is 369 g/mol. The van der Waals surface area contributed by atoms with Gasteiger partial charge in [0.25, 0.3) is 0 Å². The van der Waals surface area contributed by atoms with Gasteiger partial charge in [0.05, 0.1) is 6.61 Å². The van der Waals surface area contributed by atoms with Crippen LogP contribution in [0, 0.1) is 0 Å². The molecule has 0 unspecified atom stereocenters. The van der Waals surface area contributed by atoms with Crippen LogP contribution in [0.2, 0.25) is 0 Å². The number of hydrogen-bond acceptors (Lipinski definition) is 4. The highest BCUT2D eigenvalue weighted by Crippen LogP contribution is 2.46. The molecule has 1 aliphatic heterocycles. The maximum Gasteiger partial charge on any atom is 0.209 e. The normalized spacial score (nSPS) is 12.1. The maximum atomic E-state index is 8.87. The van der Waals surface area contributed by atoms with E-state index < -0.39 is 0 Å². The van der Waals surface area contributed by atoms with Gasteiger partial charge in [0.2, 0.25) is 9.79 Å². The van der Waals surface area contributed by atoms with Crippen LogP contribution in [0.5, 0.6) is 17.2 Å². The fourth-order valence-electron chi connectivity index (χ4n) is 2.73. The van der Waals surface area contributed by atoms with E-state index in [-0.39, 0.29) is 17.5 Å². The minimum absolute atomic E-state index is 0.0181. The quantitative estimate of drug-likeness (QED) is 0.536. The summed E-state index contributed by atoms with van der Waals surface area (Å²) in [6.07, 6.45) is 0. The Bertz CT molecular complexity index is 803. The van der Waals surface area contributed by atoms with Gasteiger partial charge in [-0.25, -0.2) is 0 Å². The molecule has 0 aliphatic carbocycles. The number of para-hydroxylation sites is 2. The van der Waals surface area contributed by atoms with Crippen molar-refractivity contribution >= 4 is 10.9 Å². The Balaban J connectivity index is 0.000000948. The van der Waals surface area contributed by atoms with E-state index in [1.807, 2.05) is 36.4 Å². The van der Waals surface area contributed by atoms with E-state index in [2.05, 4.69) is 36.4 Å². The molecule has 0 atom stereocenters. The first-order valence-corrected chi connectivity index (χ1v) is 9.48. The van der Waals surface area contributed by atoms with Crippen LogP contribution in [0.25, 0.3) is 0 Å². The second kappa shape index (κ2) is 8.76. The van der Waals surface area contributed by atoms with Crippen molar-refractivity contribution in [3.8, 4) is 17.2 Å². The third-order valence-corrected chi connectivity index (χ3v) is 6.08. The summed E-state index contributed by atoms with van der Waals surface area (Å²) >= 11 is 0. The van der Waals surface area contributed by atoms with E-state index in [9.17, 15) is 0 Å². The Hall–Kier alpha value is -2.47. The molecule has 0 saturated heterocycles. The van der Waals surface area contributed by atoms with Crippen LogP contribution in [0.1, 0.15) is 0 Å². The molecule has 4 nitrogen and oxygen atoms in total. The minimum atomic E-state index is -0.202. The van der Waals surface area contributed by atoms with Crippen LogP contribution in [-0.4, -0.2) is 30.5 Å². The zero-order valence-electron chi connectivity index (χ0n) is 14.5. The lowest BCUT2D eigenvalue weighted by Crippen LogP contribution is -2.12. The molecule has 1 heterocycles. The van der Waals surface area contributed by atoms with E-state index in [0.717, 1.165) is 24.4 Å². The molecule has 0 bridgehead atoms. The predicted octanol–water partition coefficient (Wildman–Crippen LogP) is 3.87. The highest BCUT2D eigenvalue weighted by Gasteiger charge is 2.38. The fraction of sp³-hybridized carbons (Fsp3) is 0.143. The number of hydrogen-bond donors (Lipinski definition) is 2. The number of rotatable bonds is 4. The van der Waals surface area contributed by atoms with Gasteiger partial charge in [-0.15, -0.1) is 0 Å². The van der Waals surface area contributed by atoms with E-state index in [1.165, 1.54) is 14.7 Å². The molecule has 3 aromatic rings. The Morgan fingerprint density at radius 2 is 1.35 bits per heavy atom. The first-order valence-electron chi connectivity index (χ1n) is 8.25. The van der Waals surface area contributed by atoms with Gasteiger partial charge in [0.15, 0.2) is 16.4 Å². The molecule has 0 amide bonds. The molecule has 2 N–H and O–H groups in total. The summed E-state index contributed by atoms with van der Waals surface area (Å²) in [5.41, 5.74) is 0. The van der Waals surface area contributed by atoms with Gasteiger partial charge in [-0.1, -0.05) is 24.3 Å². The Morgan fingerprint density at radius 1 is 0.808 bits per heavy atom. The summed E-state index contributed by atoms with van der Waals surface area (Å²) in [5.74, 6) is 2.60. The Morgan fingerprint density at radius 3 is 1.88 bits per heavy atom. The zero-order chi connectivity index (χ0) is 18.4. The monoisotopic (exact) mass is 369 g/mol. The molecule has 0 radical (unpaired) electrons. The lowest BCUT2D eigenvalue weighted by Gasteiger charge is -2.19. The number of aliphatic hydroxyl groups excluding tert-OH is 2. The molecule has 3 aromatic carbocycles. The van der Waals surface area contributed by atoms with Crippen LogP contribution in [-0.2, 0) is 10.9 Å². The third-order valence-electron chi connectivity index (χ3n) is 3.78. The molecule has 0 spiro atoms. The molecule has 134 valence electrons. The summed E-state index contributed by atoms with van der Waals surface area (Å²) in [5, 5.41) is 15.9. The van der Waals surface area contributed by atoms with Crippen molar-refractivity contribution in [1.29, 1.82) is 0 Å². The van der Waals surface area contributed by atoms with Crippen LogP contribution in [0.15, 0.2) is 87.5 Å². The molecule has 0 saturated carbocycles. The maximum absolute atomic E-state index is 8.87. The number of aliphatic hydroxyl groups is 2. The van der Waals surface area contributed by atoms with E-state index in [0.29, 0.717) is 6.61 Å². The van der Waals surface area contributed by atoms with E-state index in [1.54, 1.807) is 0 Å². The zero-order valence-corrected chi connectivity index (χ0v) is 15.3. The topological polar surface area (TPSA) is 58.9 Å². The summed E-state index contributed by atoms with van der Waals surface area (Å²) < 4.78 is 11.5. The summed E-state index contributed by atoms with van der Waals surface area (Å²) in [6.45, 7) is 0.328. The van der Waals surface area contributed by atoms with Gasteiger partial charge >= 0.3 is 0 Å². The van der Waals surface area contributed by atoms with Crippen molar-refractivity contribution in [2.75, 3.05) is 20.3 Å². The number of fused-ring (bicyclic) bond motifs is 2. The summed E-state index contributed by atoms with van der Waals surface area (Å²) in [4.78, 5) is 3.61. The van der Waals surface area contributed by atoms with E-state index in [4.69, 9.17) is 19.7 Å². The summed E-state index contributed by atoms with van der Waals surface area (Å²) in [6, 6.07) is 24.5. The van der Waals surface area contributed by atoms with Crippen molar-refractivity contribution in [3.63, 3.8) is 0 Å². The van der Waals surface area contributed by atoms with E-state index >= 15 is 0 Å². The number of ether oxygens (including phenoxy) is 2. The minimum Gasteiger partial charge on any atom is -0.491 e. The Labute approximate surface area is 156 Å². The standard InChI is InChI=1S/C20H17O3S.CH4O/c21-13-14-22-15-9-11-16(12-10-15)24-19-7-3-1-5-17(19)23-18-6-2-4-8-20(18)24;1-2/h1-12,21H,13-14H2;2H,1H3/q+1;. The molecule has 0 fully saturated rings. The van der Waals surface area contributed by atoms with Crippen molar-refractivity contribution < 1.29 is 19.7 Å². The van der Waals surface area contributed by atoms with Gasteiger partial charge in [0.1, 0.15) is 23.3 Å². The second-order valence-corrected chi connectivity index (χ2v) is 7.31. The highest BCUT2D eigenvalue weighted by atomic mass is 32.2. The van der Waals surface area contributed by atoms with Crippen LogP contribution >= 0.6 is 0 Å². The first-order chi connectivity index (χ1) is 12.9. The largest absolute Gasteiger partial charge is 0.491 e. The summed E-state index contributed by atoms with van der Waals surface area (Å²) in [7, 11) is 0.798. The van der Waals surface area contributed by atoms with Gasteiger partial charge in [0, 0.05) is 7.11 Å². The van der Waals surface area contributed by atoms with Crippen molar-refractivity contribution in [2.24, 2.45) is 0 Å². The molecule has 5 heteroatoms. The lowest BCUT2D eigenvalue weighted by molar-refractivity contribution is 0.201. The highest BCUT2D eigenvalue weighted by molar-refractivity contribution is 7.97. The molecular formula is C21H21O4S+. The van der Waals surface area contributed by atoms with Crippen molar-refractivity contribution in [2.45, 2.75) is 14.7 Å². The van der Waals surface area contributed by atoms with Crippen LogP contribution < -0.4 is 9.47 Å². The lowest BCUT2D eigenvalue weighted by atomic mass is 10.3. The van der Waals surface area contributed by atoms with Crippen LogP contribution in [0.3, 0.4) is 0 Å². The van der Waals surface area contributed by atoms with Gasteiger partial charge < -0.3 is 19.7 Å². The fourth-order valence-corrected chi connectivity index (χ4v) is 4.94. The molecule has 0 aromatic heterocycles. The molecule has 1 aliphatic rings. The molecule has 4 rings (SSSR count). The van der Waals surface area contributed by atoms with Gasteiger partial charge in [-0.05, 0) is 48.5 Å². The first kappa shape index (κ1) is 18.3. The van der Waals surface area contributed by atoms with Gasteiger partial charge in [-0.3, -0.25) is 0 Å². The second-order valence-electron chi connectivity index (χ2n) is 5.35. The smallest absolute Gasteiger partial charge is 0.209 e. The molecule has 26 heavy (non-hydrogen) atoms. The third kappa shape index (κ3) is 3.70. The van der Waals surface area contributed by atoms with Crippen LogP contribution in [0.4, 0.5) is 0 Å². The SMILES string of the molecule is CO.OCCOc1ccc([S+]2c3ccccc3Oc3ccccc32)cc1. The van der Waals surface area contributed by atoms with Crippen molar-refractivity contribution in [3.05, 3.63) is 72.8 Å². The van der Waals surface area contributed by atoms with Gasteiger partial charge in [-0.2, -0.15) is 0 Å². The average Bonchev–Trinajstić information content (AvgIpc) is 2.72.